The van der Waals surface area contributed by atoms with E-state index in [2.05, 4.69) is 10.2 Å². The maximum Gasteiger partial charge on any atom is 0.208 e. The van der Waals surface area contributed by atoms with Gasteiger partial charge in [-0.05, 0) is 13.8 Å². The first-order valence-electron chi connectivity index (χ1n) is 6.04. The van der Waals surface area contributed by atoms with Gasteiger partial charge in [0.05, 0.1) is 0 Å². The van der Waals surface area contributed by atoms with Gasteiger partial charge in [-0.15, -0.1) is 10.2 Å². The zero-order valence-corrected chi connectivity index (χ0v) is 13.0. The second-order valence-electron chi connectivity index (χ2n) is 3.72. The Morgan fingerprint density at radius 1 is 1.22 bits per heavy atom. The SMILES string of the molecule is CCOC(CCSc1nnc(N(C)C)s1)OCC. The van der Waals surface area contributed by atoms with E-state index in [0.29, 0.717) is 13.2 Å². The molecule has 0 aliphatic carbocycles. The molecule has 0 aliphatic heterocycles. The summed E-state index contributed by atoms with van der Waals surface area (Å²) in [5.74, 6) is 0.923. The molecule has 0 aliphatic rings. The average molecular weight is 291 g/mol. The van der Waals surface area contributed by atoms with Gasteiger partial charge in [-0.25, -0.2) is 0 Å². The Bertz CT molecular complexity index is 328. The standard InChI is InChI=1S/C11H21N3O2S2/c1-5-15-9(16-6-2)7-8-17-11-13-12-10(18-11)14(3)4/h9H,5-8H2,1-4H3. The van der Waals surface area contributed by atoms with Crippen molar-refractivity contribution in [3.05, 3.63) is 0 Å². The fourth-order valence-electron chi connectivity index (χ4n) is 1.27. The Hall–Kier alpha value is -0.370. The first-order chi connectivity index (χ1) is 8.67. The van der Waals surface area contributed by atoms with E-state index in [1.165, 1.54) is 0 Å². The number of ether oxygens (including phenoxy) is 2. The van der Waals surface area contributed by atoms with Gasteiger partial charge in [0, 0.05) is 39.5 Å². The minimum atomic E-state index is -0.103. The van der Waals surface area contributed by atoms with Crippen LogP contribution in [0.2, 0.25) is 0 Å². The summed E-state index contributed by atoms with van der Waals surface area (Å²) in [5.41, 5.74) is 0. The van der Waals surface area contributed by atoms with Gasteiger partial charge in [-0.3, -0.25) is 0 Å². The summed E-state index contributed by atoms with van der Waals surface area (Å²) in [6.45, 7) is 5.32. The van der Waals surface area contributed by atoms with Crippen LogP contribution in [-0.2, 0) is 9.47 Å². The molecule has 1 heterocycles. The fourth-order valence-corrected chi connectivity index (χ4v) is 3.07. The molecule has 0 N–H and O–H groups in total. The van der Waals surface area contributed by atoms with Crippen LogP contribution in [0.4, 0.5) is 5.13 Å². The molecule has 0 atom stereocenters. The number of nitrogens with zero attached hydrogens (tertiary/aromatic N) is 3. The van der Waals surface area contributed by atoms with Crippen LogP contribution in [0.3, 0.4) is 0 Å². The molecule has 0 bridgehead atoms. The predicted molar refractivity (Wildman–Crippen MR) is 76.6 cm³/mol. The first-order valence-corrected chi connectivity index (χ1v) is 7.84. The molecule has 1 aromatic rings. The molecule has 1 rings (SSSR count). The highest BCUT2D eigenvalue weighted by atomic mass is 32.2. The molecular weight excluding hydrogens is 270 g/mol. The van der Waals surface area contributed by atoms with E-state index in [9.17, 15) is 0 Å². The van der Waals surface area contributed by atoms with E-state index < -0.39 is 0 Å². The largest absolute Gasteiger partial charge is 0.353 e. The third-order valence-electron chi connectivity index (χ3n) is 2.06. The third-order valence-corrected chi connectivity index (χ3v) is 4.32. The van der Waals surface area contributed by atoms with Gasteiger partial charge in [0.1, 0.15) is 0 Å². The van der Waals surface area contributed by atoms with Crippen molar-refractivity contribution in [2.24, 2.45) is 0 Å². The van der Waals surface area contributed by atoms with E-state index >= 15 is 0 Å². The van der Waals surface area contributed by atoms with Crippen molar-refractivity contribution in [2.45, 2.75) is 30.9 Å². The van der Waals surface area contributed by atoms with Gasteiger partial charge in [0.2, 0.25) is 5.13 Å². The lowest BCUT2D eigenvalue weighted by molar-refractivity contribution is -0.136. The molecule has 0 amide bonds. The summed E-state index contributed by atoms with van der Waals surface area (Å²) < 4.78 is 12.0. The highest BCUT2D eigenvalue weighted by Gasteiger charge is 2.10. The van der Waals surface area contributed by atoms with Crippen LogP contribution >= 0.6 is 23.1 Å². The van der Waals surface area contributed by atoms with Gasteiger partial charge in [-0.1, -0.05) is 23.1 Å². The summed E-state index contributed by atoms with van der Waals surface area (Å²) in [6.07, 6.45) is 0.761. The second kappa shape index (κ2) is 8.68. The van der Waals surface area contributed by atoms with Crippen LogP contribution in [0.25, 0.3) is 0 Å². The summed E-state index contributed by atoms with van der Waals surface area (Å²) in [6, 6.07) is 0. The Morgan fingerprint density at radius 2 is 1.89 bits per heavy atom. The van der Waals surface area contributed by atoms with Crippen molar-refractivity contribution in [1.82, 2.24) is 10.2 Å². The molecule has 0 spiro atoms. The molecule has 0 aromatic carbocycles. The maximum atomic E-state index is 5.49. The first kappa shape index (κ1) is 15.7. The normalized spacial score (nSPS) is 11.2. The molecule has 0 unspecified atom stereocenters. The molecule has 18 heavy (non-hydrogen) atoms. The van der Waals surface area contributed by atoms with Crippen LogP contribution in [-0.4, -0.2) is 49.5 Å². The fraction of sp³-hybridized carbons (Fsp3) is 0.818. The van der Waals surface area contributed by atoms with Crippen molar-refractivity contribution in [2.75, 3.05) is 38.0 Å². The number of rotatable bonds is 9. The minimum Gasteiger partial charge on any atom is -0.353 e. The molecule has 0 radical (unpaired) electrons. The lowest BCUT2D eigenvalue weighted by Crippen LogP contribution is -2.18. The Balaban J connectivity index is 2.30. The highest BCUT2D eigenvalue weighted by Crippen LogP contribution is 2.27. The zero-order valence-electron chi connectivity index (χ0n) is 11.4. The minimum absolute atomic E-state index is 0.103. The summed E-state index contributed by atoms with van der Waals surface area (Å²) in [5, 5.41) is 9.17. The van der Waals surface area contributed by atoms with Crippen LogP contribution in [0.5, 0.6) is 0 Å². The molecule has 0 saturated carbocycles. The number of hydrogen-bond acceptors (Lipinski definition) is 7. The van der Waals surface area contributed by atoms with E-state index in [4.69, 9.17) is 9.47 Å². The molecule has 0 fully saturated rings. The Kier molecular flexibility index (Phi) is 7.57. The van der Waals surface area contributed by atoms with E-state index in [1.54, 1.807) is 23.1 Å². The zero-order chi connectivity index (χ0) is 13.4. The molecule has 0 saturated heterocycles. The van der Waals surface area contributed by atoms with Crippen LogP contribution in [0, 0.1) is 0 Å². The topological polar surface area (TPSA) is 47.5 Å². The quantitative estimate of drug-likeness (QED) is 0.514. The Labute approximate surface area is 117 Å². The van der Waals surface area contributed by atoms with E-state index in [1.807, 2.05) is 32.8 Å². The van der Waals surface area contributed by atoms with Crippen LogP contribution in [0.1, 0.15) is 20.3 Å². The number of thioether (sulfide) groups is 1. The van der Waals surface area contributed by atoms with Gasteiger partial charge < -0.3 is 14.4 Å². The molecule has 5 nitrogen and oxygen atoms in total. The van der Waals surface area contributed by atoms with Gasteiger partial charge in [0.15, 0.2) is 10.6 Å². The van der Waals surface area contributed by atoms with Crippen molar-refractivity contribution in [1.29, 1.82) is 0 Å². The molecule has 104 valence electrons. The monoisotopic (exact) mass is 291 g/mol. The molecular formula is C11H21N3O2S2. The summed E-state index contributed by atoms with van der Waals surface area (Å²) in [4.78, 5) is 1.96. The molecule has 7 heteroatoms. The highest BCUT2D eigenvalue weighted by molar-refractivity contribution is 8.01. The smallest absolute Gasteiger partial charge is 0.208 e. The average Bonchev–Trinajstić information content (AvgIpc) is 2.78. The lowest BCUT2D eigenvalue weighted by Gasteiger charge is -2.15. The van der Waals surface area contributed by atoms with E-state index in [0.717, 1.165) is 21.6 Å². The lowest BCUT2D eigenvalue weighted by atomic mass is 10.5. The van der Waals surface area contributed by atoms with Crippen molar-refractivity contribution in [3.63, 3.8) is 0 Å². The van der Waals surface area contributed by atoms with Gasteiger partial charge >= 0.3 is 0 Å². The number of anilines is 1. The van der Waals surface area contributed by atoms with Crippen LogP contribution in [0.15, 0.2) is 4.34 Å². The van der Waals surface area contributed by atoms with Crippen molar-refractivity contribution >= 4 is 28.2 Å². The summed E-state index contributed by atoms with van der Waals surface area (Å²) >= 11 is 3.30. The maximum absolute atomic E-state index is 5.49. The predicted octanol–water partition coefficient (Wildman–Crippen LogP) is 2.49. The Morgan fingerprint density at radius 3 is 2.39 bits per heavy atom. The molecule has 1 aromatic heterocycles. The number of hydrogen-bond donors (Lipinski definition) is 0. The second-order valence-corrected chi connectivity index (χ2v) is 6.02. The third kappa shape index (κ3) is 5.51. The summed E-state index contributed by atoms with van der Waals surface area (Å²) in [7, 11) is 3.93. The van der Waals surface area contributed by atoms with Crippen molar-refractivity contribution < 1.29 is 9.47 Å². The van der Waals surface area contributed by atoms with Crippen LogP contribution < -0.4 is 4.90 Å². The van der Waals surface area contributed by atoms with Crippen molar-refractivity contribution in [3.8, 4) is 0 Å². The van der Waals surface area contributed by atoms with E-state index in [-0.39, 0.29) is 6.29 Å². The van der Waals surface area contributed by atoms with Gasteiger partial charge in [0.25, 0.3) is 0 Å². The number of aromatic nitrogens is 2. The van der Waals surface area contributed by atoms with Gasteiger partial charge in [-0.2, -0.15) is 0 Å².